The van der Waals surface area contributed by atoms with Crippen LogP contribution in [0.3, 0.4) is 0 Å². The number of aryl methyl sites for hydroxylation is 1. The maximum absolute atomic E-state index is 12.9. The Morgan fingerprint density at radius 1 is 1.23 bits per heavy atom. The van der Waals surface area contributed by atoms with Crippen LogP contribution in [0.15, 0.2) is 52.4 Å². The number of aromatic amines is 2. The average molecular weight is 351 g/mol. The number of fused-ring (bicyclic) bond motifs is 1. The fourth-order valence-corrected chi connectivity index (χ4v) is 3.31. The van der Waals surface area contributed by atoms with Crippen molar-refractivity contribution < 1.29 is 4.79 Å². The molecular weight excluding hydrogens is 334 g/mol. The zero-order valence-electron chi connectivity index (χ0n) is 14.1. The molecule has 1 aromatic carbocycles. The molecule has 0 aliphatic carbocycles. The molecule has 0 radical (unpaired) electrons. The molecule has 4 rings (SSSR count). The number of H-pyrrole nitrogens is 2. The van der Waals surface area contributed by atoms with Crippen molar-refractivity contribution in [3.05, 3.63) is 86.2 Å². The zero-order valence-corrected chi connectivity index (χ0v) is 14.1. The van der Waals surface area contributed by atoms with Crippen LogP contribution in [-0.4, -0.2) is 36.9 Å². The summed E-state index contributed by atoms with van der Waals surface area (Å²) in [5, 5.41) is 0. The van der Waals surface area contributed by atoms with Crippen molar-refractivity contribution in [2.24, 2.45) is 7.05 Å². The number of hydrogen-bond donors (Lipinski definition) is 2. The van der Waals surface area contributed by atoms with E-state index in [1.54, 1.807) is 11.2 Å². The number of carbonyl (C=O) groups is 1. The second kappa shape index (κ2) is 6.14. The van der Waals surface area contributed by atoms with Gasteiger partial charge in [-0.15, -0.1) is 0 Å². The highest BCUT2D eigenvalue weighted by Crippen LogP contribution is 2.31. The van der Waals surface area contributed by atoms with E-state index in [4.69, 9.17) is 0 Å². The van der Waals surface area contributed by atoms with Crippen LogP contribution < -0.4 is 11.2 Å². The van der Waals surface area contributed by atoms with Gasteiger partial charge in [0.1, 0.15) is 5.56 Å². The fraction of sp³-hybridized carbons (Fsp3) is 0.222. The minimum Gasteiger partial charge on any atom is -0.347 e. The summed E-state index contributed by atoms with van der Waals surface area (Å²) in [6.07, 6.45) is 2.90. The largest absolute Gasteiger partial charge is 0.347 e. The Morgan fingerprint density at radius 2 is 2.00 bits per heavy atom. The monoisotopic (exact) mass is 351 g/mol. The molecule has 26 heavy (non-hydrogen) atoms. The van der Waals surface area contributed by atoms with E-state index in [9.17, 15) is 14.4 Å². The lowest BCUT2D eigenvalue weighted by Crippen LogP contribution is -2.42. The van der Waals surface area contributed by atoms with Gasteiger partial charge in [0, 0.05) is 25.7 Å². The highest BCUT2D eigenvalue weighted by Gasteiger charge is 2.32. The summed E-state index contributed by atoms with van der Waals surface area (Å²) in [4.78, 5) is 47.8. The summed E-state index contributed by atoms with van der Waals surface area (Å²) in [5.41, 5.74) is 1.52. The number of hydrogen-bond acceptors (Lipinski definition) is 4. The first kappa shape index (κ1) is 16.1. The molecule has 8 nitrogen and oxygen atoms in total. The minimum absolute atomic E-state index is 0.0538. The van der Waals surface area contributed by atoms with Crippen molar-refractivity contribution in [2.75, 3.05) is 6.54 Å². The molecule has 0 fully saturated rings. The number of aromatic nitrogens is 4. The van der Waals surface area contributed by atoms with E-state index < -0.39 is 17.2 Å². The smallest absolute Gasteiger partial charge is 0.328 e. The van der Waals surface area contributed by atoms with Crippen LogP contribution in [0.2, 0.25) is 0 Å². The molecule has 2 N–H and O–H groups in total. The van der Waals surface area contributed by atoms with Crippen LogP contribution in [-0.2, 0) is 13.6 Å². The van der Waals surface area contributed by atoms with Gasteiger partial charge in [-0.2, -0.15) is 0 Å². The van der Waals surface area contributed by atoms with E-state index in [-0.39, 0.29) is 11.5 Å². The van der Waals surface area contributed by atoms with E-state index in [0.29, 0.717) is 13.1 Å². The summed E-state index contributed by atoms with van der Waals surface area (Å²) in [6, 6.07) is 9.82. The van der Waals surface area contributed by atoms with Crippen molar-refractivity contribution in [1.29, 1.82) is 0 Å². The third kappa shape index (κ3) is 2.65. The maximum Gasteiger partial charge on any atom is 0.328 e. The van der Waals surface area contributed by atoms with Crippen molar-refractivity contribution >= 4 is 5.91 Å². The number of imidazole rings is 1. The van der Waals surface area contributed by atoms with Gasteiger partial charge >= 0.3 is 5.69 Å². The van der Waals surface area contributed by atoms with Crippen molar-refractivity contribution in [3.63, 3.8) is 0 Å². The summed E-state index contributed by atoms with van der Waals surface area (Å²) in [6.45, 7) is 0.739. The lowest BCUT2D eigenvalue weighted by molar-refractivity contribution is 0.0719. The van der Waals surface area contributed by atoms with Crippen LogP contribution in [0.25, 0.3) is 0 Å². The van der Waals surface area contributed by atoms with Crippen molar-refractivity contribution in [3.8, 4) is 0 Å². The number of benzene rings is 1. The number of amides is 1. The van der Waals surface area contributed by atoms with Crippen molar-refractivity contribution in [1.82, 2.24) is 24.4 Å². The van der Waals surface area contributed by atoms with Gasteiger partial charge < -0.3 is 14.5 Å². The Kier molecular flexibility index (Phi) is 3.80. The van der Waals surface area contributed by atoms with Gasteiger partial charge in [0.25, 0.3) is 11.5 Å². The third-order valence-electron chi connectivity index (χ3n) is 4.66. The molecule has 1 unspecified atom stereocenters. The fourth-order valence-electron chi connectivity index (χ4n) is 3.31. The Balaban J connectivity index is 1.73. The topological polar surface area (TPSA) is 104 Å². The summed E-state index contributed by atoms with van der Waals surface area (Å²) in [5.74, 6) is -0.496. The molecule has 0 saturated carbocycles. The molecule has 3 aromatic rings. The van der Waals surface area contributed by atoms with Crippen LogP contribution in [0, 0.1) is 0 Å². The second-order valence-corrected chi connectivity index (χ2v) is 6.33. The van der Waals surface area contributed by atoms with E-state index >= 15 is 0 Å². The SMILES string of the molecule is Cn1cc(C(=O)N2Cc3[nH]cnc3C(c3ccccc3)C2)c(=O)[nH]c1=O. The van der Waals surface area contributed by atoms with Gasteiger partial charge in [0.05, 0.1) is 24.3 Å². The van der Waals surface area contributed by atoms with Crippen molar-refractivity contribution in [2.45, 2.75) is 12.5 Å². The standard InChI is InChI=1S/C18H17N5O3/c1-22-7-13(16(24)21-18(22)26)17(25)23-8-12(11-5-3-2-4-6-11)15-14(9-23)19-10-20-15/h2-7,10,12H,8-9H2,1H3,(H,19,20)(H,21,24,26). The van der Waals surface area contributed by atoms with E-state index in [1.165, 1.54) is 17.8 Å². The minimum atomic E-state index is -0.676. The highest BCUT2D eigenvalue weighted by atomic mass is 16.2. The molecule has 132 valence electrons. The van der Waals surface area contributed by atoms with Crippen LogP contribution in [0.5, 0.6) is 0 Å². The lowest BCUT2D eigenvalue weighted by Gasteiger charge is -2.32. The first-order chi connectivity index (χ1) is 12.5. The van der Waals surface area contributed by atoms with E-state index in [1.807, 2.05) is 30.3 Å². The highest BCUT2D eigenvalue weighted by molar-refractivity contribution is 5.93. The van der Waals surface area contributed by atoms with E-state index in [2.05, 4.69) is 15.0 Å². The first-order valence-electron chi connectivity index (χ1n) is 8.21. The molecule has 2 aromatic heterocycles. The number of carbonyl (C=O) groups excluding carboxylic acids is 1. The Morgan fingerprint density at radius 3 is 2.77 bits per heavy atom. The molecule has 0 saturated heterocycles. The average Bonchev–Trinajstić information content (AvgIpc) is 3.12. The quantitative estimate of drug-likeness (QED) is 0.705. The third-order valence-corrected chi connectivity index (χ3v) is 4.66. The van der Waals surface area contributed by atoms with Gasteiger partial charge in [0.15, 0.2) is 0 Å². The van der Waals surface area contributed by atoms with Gasteiger partial charge in [-0.3, -0.25) is 14.6 Å². The van der Waals surface area contributed by atoms with Gasteiger partial charge in [-0.25, -0.2) is 9.78 Å². The molecule has 0 spiro atoms. The molecule has 8 heteroatoms. The molecule has 0 bridgehead atoms. The molecule has 1 aliphatic rings. The zero-order chi connectivity index (χ0) is 18.3. The molecule has 1 atom stereocenters. The number of nitrogens with zero attached hydrogens (tertiary/aromatic N) is 3. The molecular formula is C18H17N5O3. The lowest BCUT2D eigenvalue weighted by atomic mass is 9.90. The van der Waals surface area contributed by atoms with Gasteiger partial charge in [-0.05, 0) is 5.56 Å². The predicted octanol–water partition coefficient (Wildman–Crippen LogP) is 0.585. The van der Waals surface area contributed by atoms with E-state index in [0.717, 1.165) is 17.0 Å². The summed E-state index contributed by atoms with van der Waals surface area (Å²) >= 11 is 0. The van der Waals surface area contributed by atoms with Gasteiger partial charge in [0.2, 0.25) is 0 Å². The predicted molar refractivity (Wildman–Crippen MR) is 93.9 cm³/mol. The van der Waals surface area contributed by atoms with Crippen LogP contribution in [0.4, 0.5) is 0 Å². The molecule has 3 heterocycles. The second-order valence-electron chi connectivity index (χ2n) is 6.33. The molecule has 1 amide bonds. The molecule has 1 aliphatic heterocycles. The summed E-state index contributed by atoms with van der Waals surface area (Å²) in [7, 11) is 1.49. The summed E-state index contributed by atoms with van der Waals surface area (Å²) < 4.78 is 1.19. The van der Waals surface area contributed by atoms with Gasteiger partial charge in [-0.1, -0.05) is 30.3 Å². The first-order valence-corrected chi connectivity index (χ1v) is 8.21. The normalized spacial score (nSPS) is 16.3. The number of nitrogens with one attached hydrogen (secondary N) is 2. The maximum atomic E-state index is 12.9. The Labute approximate surface area is 148 Å². The van der Waals surface area contributed by atoms with Crippen LogP contribution >= 0.6 is 0 Å². The van der Waals surface area contributed by atoms with Crippen LogP contribution in [0.1, 0.15) is 33.2 Å². The Hall–Kier alpha value is -3.42. The number of rotatable bonds is 2. The Bertz CT molecular complexity index is 1080.